The van der Waals surface area contributed by atoms with Crippen molar-refractivity contribution in [1.82, 2.24) is 15.2 Å². The van der Waals surface area contributed by atoms with Gasteiger partial charge >= 0.3 is 0 Å². The minimum atomic E-state index is -0.0574. The van der Waals surface area contributed by atoms with Crippen molar-refractivity contribution in [2.45, 2.75) is 37.8 Å². The van der Waals surface area contributed by atoms with Crippen LogP contribution in [0.15, 0.2) is 35.4 Å². The monoisotopic (exact) mass is 357 g/mol. The van der Waals surface area contributed by atoms with E-state index >= 15 is 0 Å². The van der Waals surface area contributed by atoms with E-state index in [1.165, 1.54) is 11.8 Å². The molecule has 6 heteroatoms. The average molecular weight is 357 g/mol. The molecule has 0 spiro atoms. The first kappa shape index (κ1) is 17.7. The van der Waals surface area contributed by atoms with Crippen molar-refractivity contribution in [3.05, 3.63) is 35.9 Å². The molecule has 2 amide bonds. The van der Waals surface area contributed by atoms with Crippen molar-refractivity contribution < 1.29 is 9.59 Å². The van der Waals surface area contributed by atoms with Crippen LogP contribution >= 0.6 is 11.8 Å². The van der Waals surface area contributed by atoms with Gasteiger partial charge in [-0.1, -0.05) is 30.0 Å². The summed E-state index contributed by atoms with van der Waals surface area (Å²) in [7, 11) is 0. The van der Waals surface area contributed by atoms with E-state index in [-0.39, 0.29) is 11.8 Å². The first-order valence-electron chi connectivity index (χ1n) is 8.73. The molecule has 1 aromatic heterocycles. The molecule has 1 aromatic carbocycles. The second-order valence-electron chi connectivity index (χ2n) is 6.13. The topological polar surface area (TPSA) is 62.3 Å². The van der Waals surface area contributed by atoms with Crippen LogP contribution in [-0.2, 0) is 4.79 Å². The van der Waals surface area contributed by atoms with Gasteiger partial charge in [-0.15, -0.1) is 0 Å². The number of benzene rings is 1. The number of amides is 2. The van der Waals surface area contributed by atoms with Crippen LogP contribution in [0.25, 0.3) is 10.9 Å². The smallest absolute Gasteiger partial charge is 0.252 e. The Kier molecular flexibility index (Phi) is 5.58. The lowest BCUT2D eigenvalue weighted by molar-refractivity contribution is -0.127. The predicted molar refractivity (Wildman–Crippen MR) is 101 cm³/mol. The van der Waals surface area contributed by atoms with E-state index in [0.717, 1.165) is 23.7 Å². The molecule has 0 radical (unpaired) electrons. The van der Waals surface area contributed by atoms with E-state index in [0.29, 0.717) is 35.5 Å². The Morgan fingerprint density at radius 2 is 1.96 bits per heavy atom. The SMILES string of the molecule is CCN(CC)C(=O)CSc1cc(C(=O)NC2CC2)c2ccccc2n1. The molecule has 5 nitrogen and oxygen atoms in total. The lowest BCUT2D eigenvalue weighted by atomic mass is 10.1. The number of aromatic nitrogens is 1. The summed E-state index contributed by atoms with van der Waals surface area (Å²) in [5, 5.41) is 4.60. The fraction of sp³-hybridized carbons (Fsp3) is 0.421. The molecule has 25 heavy (non-hydrogen) atoms. The van der Waals surface area contributed by atoms with Crippen molar-refractivity contribution in [1.29, 1.82) is 0 Å². The predicted octanol–water partition coefficient (Wildman–Crippen LogP) is 3.09. The Morgan fingerprint density at radius 1 is 1.24 bits per heavy atom. The number of carbonyl (C=O) groups excluding carboxylic acids is 2. The summed E-state index contributed by atoms with van der Waals surface area (Å²) in [5.41, 5.74) is 1.42. The molecular weight excluding hydrogens is 334 g/mol. The van der Waals surface area contributed by atoms with E-state index in [1.54, 1.807) is 11.0 Å². The highest BCUT2D eigenvalue weighted by Crippen LogP contribution is 2.26. The van der Waals surface area contributed by atoms with Crippen LogP contribution in [0.4, 0.5) is 0 Å². The molecule has 1 fully saturated rings. The number of para-hydroxylation sites is 1. The summed E-state index contributed by atoms with van der Waals surface area (Å²) in [4.78, 5) is 31.2. The van der Waals surface area contributed by atoms with Gasteiger partial charge in [0.2, 0.25) is 5.91 Å². The molecule has 0 saturated heterocycles. The van der Waals surface area contributed by atoms with Gasteiger partial charge in [-0.3, -0.25) is 9.59 Å². The molecule has 1 aliphatic carbocycles. The molecule has 0 aliphatic heterocycles. The minimum absolute atomic E-state index is 0.0574. The third-order valence-electron chi connectivity index (χ3n) is 4.31. The van der Waals surface area contributed by atoms with Gasteiger partial charge in [-0.05, 0) is 38.8 Å². The quantitative estimate of drug-likeness (QED) is 0.774. The van der Waals surface area contributed by atoms with Gasteiger partial charge in [0, 0.05) is 24.5 Å². The Labute approximate surface area is 152 Å². The second-order valence-corrected chi connectivity index (χ2v) is 7.12. The summed E-state index contributed by atoms with van der Waals surface area (Å²) in [6, 6.07) is 9.75. The normalized spacial score (nSPS) is 13.7. The van der Waals surface area contributed by atoms with Crippen molar-refractivity contribution in [2.75, 3.05) is 18.8 Å². The first-order chi connectivity index (χ1) is 12.1. The highest BCUT2D eigenvalue weighted by atomic mass is 32.2. The summed E-state index contributed by atoms with van der Waals surface area (Å²) < 4.78 is 0. The summed E-state index contributed by atoms with van der Waals surface area (Å²) in [6.07, 6.45) is 2.10. The Hall–Kier alpha value is -2.08. The first-order valence-corrected chi connectivity index (χ1v) is 9.72. The zero-order valence-corrected chi connectivity index (χ0v) is 15.4. The van der Waals surface area contributed by atoms with Gasteiger partial charge in [0.1, 0.15) is 0 Å². The number of rotatable bonds is 7. The number of hydrogen-bond acceptors (Lipinski definition) is 4. The standard InChI is InChI=1S/C19H23N3O2S/c1-3-22(4-2)18(23)12-25-17-11-15(19(24)20-13-9-10-13)14-7-5-6-8-16(14)21-17/h5-8,11,13H,3-4,9-10,12H2,1-2H3,(H,20,24). The molecule has 1 N–H and O–H groups in total. The van der Waals surface area contributed by atoms with E-state index in [1.807, 2.05) is 38.1 Å². The van der Waals surface area contributed by atoms with Crippen molar-refractivity contribution in [3.63, 3.8) is 0 Å². The third kappa shape index (κ3) is 4.31. The molecule has 0 bridgehead atoms. The fourth-order valence-corrected chi connectivity index (χ4v) is 3.53. The molecule has 1 aliphatic rings. The number of hydrogen-bond donors (Lipinski definition) is 1. The van der Waals surface area contributed by atoms with Crippen LogP contribution in [-0.4, -0.2) is 46.6 Å². The summed E-state index contributed by atoms with van der Waals surface area (Å²) in [6.45, 7) is 5.35. The Bertz CT molecular complexity index is 785. The van der Waals surface area contributed by atoms with Crippen molar-refractivity contribution in [2.24, 2.45) is 0 Å². The molecule has 0 atom stereocenters. The van der Waals surface area contributed by atoms with Gasteiger partial charge in [0.25, 0.3) is 5.91 Å². The lowest BCUT2D eigenvalue weighted by Crippen LogP contribution is -2.31. The maximum absolute atomic E-state index is 12.6. The Balaban J connectivity index is 1.83. The maximum Gasteiger partial charge on any atom is 0.252 e. The number of pyridine rings is 1. The minimum Gasteiger partial charge on any atom is -0.349 e. The van der Waals surface area contributed by atoms with Crippen LogP contribution in [0.2, 0.25) is 0 Å². The number of nitrogens with one attached hydrogen (secondary N) is 1. The highest BCUT2D eigenvalue weighted by Gasteiger charge is 2.25. The summed E-state index contributed by atoms with van der Waals surface area (Å²) in [5.74, 6) is 0.364. The van der Waals surface area contributed by atoms with Gasteiger partial charge in [0.05, 0.1) is 21.9 Å². The molecule has 2 aromatic rings. The largest absolute Gasteiger partial charge is 0.349 e. The molecule has 132 valence electrons. The maximum atomic E-state index is 12.6. The molecular formula is C19H23N3O2S. The molecule has 1 heterocycles. The number of fused-ring (bicyclic) bond motifs is 1. The van der Waals surface area contributed by atoms with Crippen LogP contribution < -0.4 is 5.32 Å². The molecule has 1 saturated carbocycles. The Morgan fingerprint density at radius 3 is 2.64 bits per heavy atom. The lowest BCUT2D eigenvalue weighted by Gasteiger charge is -2.18. The molecule has 0 unspecified atom stereocenters. The molecule has 3 rings (SSSR count). The van der Waals surface area contributed by atoms with Gasteiger partial charge < -0.3 is 10.2 Å². The van der Waals surface area contributed by atoms with Gasteiger partial charge in [0.15, 0.2) is 0 Å². The highest BCUT2D eigenvalue weighted by molar-refractivity contribution is 7.99. The average Bonchev–Trinajstić information content (AvgIpc) is 3.44. The van der Waals surface area contributed by atoms with Gasteiger partial charge in [-0.2, -0.15) is 0 Å². The fourth-order valence-electron chi connectivity index (χ4n) is 2.71. The zero-order chi connectivity index (χ0) is 17.8. The number of carbonyl (C=O) groups is 2. The summed E-state index contributed by atoms with van der Waals surface area (Å²) >= 11 is 1.39. The van der Waals surface area contributed by atoms with Crippen LogP contribution in [0.1, 0.15) is 37.0 Å². The van der Waals surface area contributed by atoms with E-state index < -0.39 is 0 Å². The van der Waals surface area contributed by atoms with E-state index in [4.69, 9.17) is 0 Å². The van der Waals surface area contributed by atoms with Crippen LogP contribution in [0, 0.1) is 0 Å². The van der Waals surface area contributed by atoms with Crippen molar-refractivity contribution >= 4 is 34.5 Å². The zero-order valence-electron chi connectivity index (χ0n) is 14.6. The second kappa shape index (κ2) is 7.87. The number of thioether (sulfide) groups is 1. The third-order valence-corrected chi connectivity index (χ3v) is 5.21. The van der Waals surface area contributed by atoms with Gasteiger partial charge in [-0.25, -0.2) is 4.98 Å². The van der Waals surface area contributed by atoms with E-state index in [2.05, 4.69) is 10.3 Å². The van der Waals surface area contributed by atoms with E-state index in [9.17, 15) is 9.59 Å². The van der Waals surface area contributed by atoms with Crippen LogP contribution in [0.5, 0.6) is 0 Å². The van der Waals surface area contributed by atoms with Crippen LogP contribution in [0.3, 0.4) is 0 Å². The number of nitrogens with zero attached hydrogens (tertiary/aromatic N) is 2. The van der Waals surface area contributed by atoms with Crippen molar-refractivity contribution in [3.8, 4) is 0 Å².